The van der Waals surface area contributed by atoms with Gasteiger partial charge in [0.25, 0.3) is 5.91 Å². The summed E-state index contributed by atoms with van der Waals surface area (Å²) in [4.78, 5) is 12.3. The molecule has 0 radical (unpaired) electrons. The highest BCUT2D eigenvalue weighted by atomic mass is 35.5. The summed E-state index contributed by atoms with van der Waals surface area (Å²) in [6.07, 6.45) is -3.74. The van der Waals surface area contributed by atoms with E-state index in [1.807, 2.05) is 0 Å². The van der Waals surface area contributed by atoms with E-state index in [9.17, 15) is 18.0 Å². The molecule has 1 aliphatic rings. The average molecular weight is 399 g/mol. The number of aromatic nitrogens is 3. The van der Waals surface area contributed by atoms with Crippen molar-refractivity contribution in [3.8, 4) is 11.5 Å². The Hall–Kier alpha value is -3.01. The van der Waals surface area contributed by atoms with Gasteiger partial charge in [-0.2, -0.15) is 13.2 Å². The number of nitrogens with one attached hydrogen (secondary N) is 1. The fourth-order valence-corrected chi connectivity index (χ4v) is 2.82. The number of ether oxygens (including phenoxy) is 2. The van der Waals surface area contributed by atoms with Crippen LogP contribution in [0.3, 0.4) is 0 Å². The van der Waals surface area contributed by atoms with E-state index in [0.29, 0.717) is 17.1 Å². The molecule has 0 aliphatic carbocycles. The van der Waals surface area contributed by atoms with Crippen molar-refractivity contribution < 1.29 is 27.4 Å². The summed E-state index contributed by atoms with van der Waals surface area (Å²) in [5, 5.41) is 9.96. The van der Waals surface area contributed by atoms with Crippen LogP contribution in [0.4, 0.5) is 13.2 Å². The molecule has 3 aromatic rings. The van der Waals surface area contributed by atoms with E-state index in [1.54, 1.807) is 12.1 Å². The van der Waals surface area contributed by atoms with E-state index in [4.69, 9.17) is 21.1 Å². The van der Waals surface area contributed by atoms with Crippen LogP contribution in [0.5, 0.6) is 11.5 Å². The quantitative estimate of drug-likeness (QED) is 0.733. The third-order valence-corrected chi connectivity index (χ3v) is 4.18. The third-order valence-electron chi connectivity index (χ3n) is 3.90. The van der Waals surface area contributed by atoms with Crippen LogP contribution in [0.15, 0.2) is 30.5 Å². The molecule has 1 N–H and O–H groups in total. The van der Waals surface area contributed by atoms with E-state index in [0.717, 1.165) is 16.7 Å². The summed E-state index contributed by atoms with van der Waals surface area (Å²) >= 11 is 5.86. The first kappa shape index (κ1) is 17.4. The zero-order valence-corrected chi connectivity index (χ0v) is 14.1. The van der Waals surface area contributed by atoms with Gasteiger partial charge in [-0.1, -0.05) is 11.6 Å². The molecule has 2 aromatic heterocycles. The highest BCUT2D eigenvalue weighted by molar-refractivity contribution is 6.33. The lowest BCUT2D eigenvalue weighted by Gasteiger charge is -2.09. The molecule has 3 heterocycles. The van der Waals surface area contributed by atoms with Crippen LogP contribution in [0.2, 0.25) is 5.02 Å². The Labute approximate surface area is 154 Å². The number of nitrogens with zero attached hydrogens (tertiary/aromatic N) is 3. The van der Waals surface area contributed by atoms with Crippen LogP contribution in [-0.2, 0) is 12.7 Å². The summed E-state index contributed by atoms with van der Waals surface area (Å²) in [6, 6.07) is 5.43. The molecule has 7 nitrogen and oxygen atoms in total. The second kappa shape index (κ2) is 6.31. The molecular weight excluding hydrogens is 389 g/mol. The van der Waals surface area contributed by atoms with E-state index in [2.05, 4.69) is 15.5 Å². The molecule has 0 bridgehead atoms. The van der Waals surface area contributed by atoms with Crippen molar-refractivity contribution in [2.24, 2.45) is 0 Å². The lowest BCUT2D eigenvalue weighted by molar-refractivity contribution is -0.137. The van der Waals surface area contributed by atoms with Gasteiger partial charge < -0.3 is 14.8 Å². The van der Waals surface area contributed by atoms with Crippen LogP contribution in [0.1, 0.15) is 21.7 Å². The van der Waals surface area contributed by atoms with E-state index >= 15 is 0 Å². The second-order valence-electron chi connectivity index (χ2n) is 5.64. The van der Waals surface area contributed by atoms with Crippen molar-refractivity contribution in [2.75, 3.05) is 6.79 Å². The fraction of sp³-hybridized carbons (Fsp3) is 0.188. The van der Waals surface area contributed by atoms with E-state index in [-0.39, 0.29) is 29.8 Å². The monoisotopic (exact) mass is 398 g/mol. The molecule has 27 heavy (non-hydrogen) atoms. The Kier molecular flexibility index (Phi) is 4.06. The SMILES string of the molecule is O=C(NCc1nnc2c(Cl)cc(C(F)(F)F)cn12)c1ccc2c(c1)OCO2. The maximum atomic E-state index is 13.0. The molecule has 0 spiro atoms. The molecule has 0 saturated carbocycles. The van der Waals surface area contributed by atoms with Gasteiger partial charge in [-0.25, -0.2) is 0 Å². The minimum Gasteiger partial charge on any atom is -0.454 e. The van der Waals surface area contributed by atoms with Crippen molar-refractivity contribution in [1.82, 2.24) is 19.9 Å². The fourth-order valence-electron chi connectivity index (χ4n) is 2.57. The zero-order valence-electron chi connectivity index (χ0n) is 13.4. The number of rotatable bonds is 3. The van der Waals surface area contributed by atoms with Gasteiger partial charge in [0, 0.05) is 11.8 Å². The van der Waals surface area contributed by atoms with Crippen molar-refractivity contribution in [3.05, 3.63) is 52.4 Å². The normalized spacial score (nSPS) is 13.2. The minimum atomic E-state index is -4.57. The van der Waals surface area contributed by atoms with Crippen LogP contribution in [0, 0.1) is 0 Å². The van der Waals surface area contributed by atoms with Gasteiger partial charge >= 0.3 is 6.18 Å². The molecule has 1 amide bonds. The number of hydrogen-bond donors (Lipinski definition) is 1. The van der Waals surface area contributed by atoms with Gasteiger partial charge in [-0.05, 0) is 24.3 Å². The van der Waals surface area contributed by atoms with Crippen molar-refractivity contribution in [2.45, 2.75) is 12.7 Å². The first-order valence-corrected chi connectivity index (χ1v) is 7.99. The number of benzene rings is 1. The van der Waals surface area contributed by atoms with E-state index < -0.39 is 17.6 Å². The summed E-state index contributed by atoms with van der Waals surface area (Å²) in [5.74, 6) is 0.622. The molecule has 11 heteroatoms. The number of amides is 1. The Bertz CT molecular complexity index is 1050. The topological polar surface area (TPSA) is 77.8 Å². The van der Waals surface area contributed by atoms with Crippen molar-refractivity contribution in [1.29, 1.82) is 0 Å². The predicted octanol–water partition coefficient (Wildman–Crippen LogP) is 3.06. The number of hydrogen-bond acceptors (Lipinski definition) is 5. The first-order valence-electron chi connectivity index (χ1n) is 7.61. The Morgan fingerprint density at radius 3 is 2.78 bits per heavy atom. The molecule has 0 fully saturated rings. The van der Waals surface area contributed by atoms with Crippen LogP contribution >= 0.6 is 11.6 Å². The second-order valence-corrected chi connectivity index (χ2v) is 6.04. The molecular formula is C16H10ClF3N4O3. The Morgan fingerprint density at radius 2 is 2.00 bits per heavy atom. The largest absolute Gasteiger partial charge is 0.454 e. The average Bonchev–Trinajstić information content (AvgIpc) is 3.25. The van der Waals surface area contributed by atoms with Gasteiger partial charge in [0.15, 0.2) is 23.0 Å². The maximum Gasteiger partial charge on any atom is 0.417 e. The molecule has 1 aromatic carbocycles. The number of fused-ring (bicyclic) bond motifs is 2. The number of carbonyl (C=O) groups excluding carboxylic acids is 1. The van der Waals surface area contributed by atoms with Gasteiger partial charge in [0.2, 0.25) is 6.79 Å². The maximum absolute atomic E-state index is 13.0. The van der Waals surface area contributed by atoms with Crippen LogP contribution < -0.4 is 14.8 Å². The summed E-state index contributed by atoms with van der Waals surface area (Å²) < 4.78 is 50.4. The highest BCUT2D eigenvalue weighted by Crippen LogP contribution is 2.33. The molecule has 140 valence electrons. The standard InChI is InChI=1S/C16H10ClF3N4O3/c17-10-4-9(16(18,19)20)6-24-13(22-23-14(10)24)5-21-15(25)8-1-2-11-12(3-8)27-7-26-11/h1-4,6H,5,7H2,(H,21,25). The molecule has 0 atom stereocenters. The Balaban J connectivity index is 1.57. The smallest absolute Gasteiger partial charge is 0.417 e. The minimum absolute atomic E-state index is 0.0667. The number of alkyl halides is 3. The number of halogens is 4. The van der Waals surface area contributed by atoms with Gasteiger partial charge in [0.05, 0.1) is 17.1 Å². The summed E-state index contributed by atoms with van der Waals surface area (Å²) in [6.45, 7) is -0.0689. The summed E-state index contributed by atoms with van der Waals surface area (Å²) in [5.41, 5.74) is -0.567. The lowest BCUT2D eigenvalue weighted by Crippen LogP contribution is -2.24. The number of carbonyl (C=O) groups is 1. The van der Waals surface area contributed by atoms with Crippen molar-refractivity contribution in [3.63, 3.8) is 0 Å². The Morgan fingerprint density at radius 1 is 1.22 bits per heavy atom. The third kappa shape index (κ3) is 3.23. The number of pyridine rings is 1. The molecule has 1 aliphatic heterocycles. The van der Waals surface area contributed by atoms with Crippen LogP contribution in [0.25, 0.3) is 5.65 Å². The van der Waals surface area contributed by atoms with E-state index in [1.165, 1.54) is 6.07 Å². The van der Waals surface area contributed by atoms with Crippen molar-refractivity contribution >= 4 is 23.2 Å². The highest BCUT2D eigenvalue weighted by Gasteiger charge is 2.32. The molecule has 0 saturated heterocycles. The lowest BCUT2D eigenvalue weighted by atomic mass is 10.2. The molecule has 0 unspecified atom stereocenters. The summed E-state index contributed by atoms with van der Waals surface area (Å²) in [7, 11) is 0. The van der Waals surface area contributed by atoms with Gasteiger partial charge in [-0.3, -0.25) is 9.20 Å². The molecule has 4 rings (SSSR count). The predicted molar refractivity (Wildman–Crippen MR) is 86.7 cm³/mol. The first-order chi connectivity index (χ1) is 12.8. The van der Waals surface area contributed by atoms with Gasteiger partial charge in [-0.15, -0.1) is 10.2 Å². The zero-order chi connectivity index (χ0) is 19.2. The van der Waals surface area contributed by atoms with Gasteiger partial charge in [0.1, 0.15) is 0 Å². The van der Waals surface area contributed by atoms with Crippen LogP contribution in [-0.4, -0.2) is 27.3 Å².